The first-order chi connectivity index (χ1) is 7.58. The van der Waals surface area contributed by atoms with E-state index in [4.69, 9.17) is 0 Å². The van der Waals surface area contributed by atoms with Crippen LogP contribution in [0.25, 0.3) is 0 Å². The van der Waals surface area contributed by atoms with Gasteiger partial charge in [-0.25, -0.2) is 0 Å². The first-order valence-corrected chi connectivity index (χ1v) is 6.49. The number of allylic oxidation sites excluding steroid dienone is 2. The molecule has 90 valence electrons. The number of carbonyl (C=O) groups is 1. The second kappa shape index (κ2) is 4.60. The maximum absolute atomic E-state index is 10.8. The minimum Gasteiger partial charge on any atom is -0.356 e. The summed E-state index contributed by atoms with van der Waals surface area (Å²) in [6.45, 7) is 7.09. The second-order valence-electron chi connectivity index (χ2n) is 5.67. The summed E-state index contributed by atoms with van der Waals surface area (Å²) >= 11 is 0. The Morgan fingerprint density at radius 3 is 2.88 bits per heavy atom. The quantitative estimate of drug-likeness (QED) is 0.729. The highest BCUT2D eigenvalue weighted by atomic mass is 16.1. The lowest BCUT2D eigenvalue weighted by molar-refractivity contribution is -0.119. The first-order valence-electron chi connectivity index (χ1n) is 6.49. The lowest BCUT2D eigenvalue weighted by Gasteiger charge is -2.27. The molecule has 0 radical (unpaired) electrons. The van der Waals surface area contributed by atoms with Crippen LogP contribution in [0.5, 0.6) is 0 Å². The first kappa shape index (κ1) is 11.7. The molecule has 1 saturated carbocycles. The van der Waals surface area contributed by atoms with E-state index < -0.39 is 0 Å². The van der Waals surface area contributed by atoms with Crippen molar-refractivity contribution in [1.82, 2.24) is 5.32 Å². The molecule has 16 heavy (non-hydrogen) atoms. The van der Waals surface area contributed by atoms with Gasteiger partial charge in [-0.05, 0) is 49.9 Å². The van der Waals surface area contributed by atoms with E-state index in [0.29, 0.717) is 0 Å². The number of hydrogen-bond donors (Lipinski definition) is 1. The highest BCUT2D eigenvalue weighted by molar-refractivity contribution is 5.72. The lowest BCUT2D eigenvalue weighted by atomic mass is 9.78. The van der Waals surface area contributed by atoms with Crippen LogP contribution >= 0.6 is 0 Å². The third-order valence-electron chi connectivity index (χ3n) is 4.24. The van der Waals surface area contributed by atoms with Crippen molar-refractivity contribution in [3.05, 3.63) is 11.6 Å². The fraction of sp³-hybridized carbons (Fsp3) is 0.786. The summed E-state index contributed by atoms with van der Waals surface area (Å²) in [6, 6.07) is 0. The van der Waals surface area contributed by atoms with E-state index in [0.717, 1.165) is 30.2 Å². The predicted octanol–water partition coefficient (Wildman–Crippen LogP) is 2.75. The molecule has 0 saturated heterocycles. The Labute approximate surface area is 98.5 Å². The molecule has 0 bridgehead atoms. The summed E-state index contributed by atoms with van der Waals surface area (Å²) in [7, 11) is 0. The molecule has 2 aliphatic rings. The molecule has 0 aromatic carbocycles. The van der Waals surface area contributed by atoms with Crippen LogP contribution in [-0.2, 0) is 4.79 Å². The standard InChI is InChI=1S/C14H23NO/c1-9-4-5-13(10(2)6-9)14-7-12(14)8-15-11(3)16/h6,10,12-14H,4-5,7-8H2,1-3H3,(H,15,16). The molecule has 2 heteroatoms. The van der Waals surface area contributed by atoms with Gasteiger partial charge < -0.3 is 5.32 Å². The molecule has 4 unspecified atom stereocenters. The largest absolute Gasteiger partial charge is 0.356 e. The van der Waals surface area contributed by atoms with E-state index in [1.807, 2.05) is 0 Å². The van der Waals surface area contributed by atoms with E-state index >= 15 is 0 Å². The zero-order valence-corrected chi connectivity index (χ0v) is 10.6. The highest BCUT2D eigenvalue weighted by Crippen LogP contribution is 2.50. The number of hydrogen-bond acceptors (Lipinski definition) is 1. The van der Waals surface area contributed by atoms with E-state index in [-0.39, 0.29) is 5.91 Å². The highest BCUT2D eigenvalue weighted by Gasteiger charge is 2.44. The van der Waals surface area contributed by atoms with Crippen LogP contribution < -0.4 is 5.32 Å². The molecule has 1 N–H and O–H groups in total. The van der Waals surface area contributed by atoms with E-state index in [1.54, 1.807) is 12.5 Å². The molecule has 2 rings (SSSR count). The van der Waals surface area contributed by atoms with Gasteiger partial charge in [0.05, 0.1) is 0 Å². The zero-order chi connectivity index (χ0) is 11.7. The van der Waals surface area contributed by atoms with Crippen LogP contribution in [0, 0.1) is 23.7 Å². The topological polar surface area (TPSA) is 29.1 Å². The Morgan fingerprint density at radius 2 is 2.25 bits per heavy atom. The van der Waals surface area contributed by atoms with Gasteiger partial charge in [-0.15, -0.1) is 0 Å². The fourth-order valence-electron chi connectivity index (χ4n) is 3.22. The van der Waals surface area contributed by atoms with Crippen LogP contribution in [0.2, 0.25) is 0 Å². The third-order valence-corrected chi connectivity index (χ3v) is 4.24. The normalized spacial score (nSPS) is 37.8. The van der Waals surface area contributed by atoms with Crippen molar-refractivity contribution in [2.24, 2.45) is 23.7 Å². The minimum absolute atomic E-state index is 0.109. The molecule has 0 aliphatic heterocycles. The molecular formula is C14H23NO. The molecule has 0 aromatic heterocycles. The number of carbonyl (C=O) groups excluding carboxylic acids is 1. The van der Waals surface area contributed by atoms with Crippen LogP contribution in [0.3, 0.4) is 0 Å². The van der Waals surface area contributed by atoms with Crippen LogP contribution in [-0.4, -0.2) is 12.5 Å². The van der Waals surface area contributed by atoms with E-state index in [2.05, 4.69) is 25.2 Å². The van der Waals surface area contributed by atoms with E-state index in [9.17, 15) is 4.79 Å². The van der Waals surface area contributed by atoms with Crippen molar-refractivity contribution in [2.45, 2.75) is 40.0 Å². The molecule has 0 aromatic rings. The van der Waals surface area contributed by atoms with Gasteiger partial charge in [-0.2, -0.15) is 0 Å². The van der Waals surface area contributed by atoms with Gasteiger partial charge in [-0.3, -0.25) is 4.79 Å². The van der Waals surface area contributed by atoms with Gasteiger partial charge in [0.15, 0.2) is 0 Å². The number of amides is 1. The Bertz CT molecular complexity index is 308. The lowest BCUT2D eigenvalue weighted by Crippen LogP contribution is -2.24. The molecule has 1 amide bonds. The van der Waals surface area contributed by atoms with Gasteiger partial charge in [-0.1, -0.05) is 18.6 Å². The number of rotatable bonds is 3. The van der Waals surface area contributed by atoms with Gasteiger partial charge in [0.25, 0.3) is 0 Å². The van der Waals surface area contributed by atoms with Gasteiger partial charge >= 0.3 is 0 Å². The minimum atomic E-state index is 0.109. The Balaban J connectivity index is 1.81. The third kappa shape index (κ3) is 2.66. The Hall–Kier alpha value is -0.790. The Kier molecular flexibility index (Phi) is 3.36. The van der Waals surface area contributed by atoms with Crippen molar-refractivity contribution >= 4 is 5.91 Å². The van der Waals surface area contributed by atoms with E-state index in [1.165, 1.54) is 19.3 Å². The molecule has 0 spiro atoms. The molecular weight excluding hydrogens is 198 g/mol. The summed E-state index contributed by atoms with van der Waals surface area (Å²) in [4.78, 5) is 10.8. The maximum Gasteiger partial charge on any atom is 0.216 e. The molecule has 0 heterocycles. The molecule has 1 fully saturated rings. The molecule has 4 atom stereocenters. The smallest absolute Gasteiger partial charge is 0.216 e. The summed E-state index contributed by atoms with van der Waals surface area (Å²) < 4.78 is 0. The van der Waals surface area contributed by atoms with Crippen LogP contribution in [0.1, 0.15) is 40.0 Å². The van der Waals surface area contributed by atoms with Crippen molar-refractivity contribution in [3.63, 3.8) is 0 Å². The van der Waals surface area contributed by atoms with Crippen LogP contribution in [0.4, 0.5) is 0 Å². The number of nitrogens with one attached hydrogen (secondary N) is 1. The van der Waals surface area contributed by atoms with Gasteiger partial charge in [0.1, 0.15) is 0 Å². The monoisotopic (exact) mass is 221 g/mol. The summed E-state index contributed by atoms with van der Waals surface area (Å²) in [6.07, 6.45) is 6.40. The average Bonchev–Trinajstić information content (AvgIpc) is 2.94. The van der Waals surface area contributed by atoms with Crippen molar-refractivity contribution in [3.8, 4) is 0 Å². The predicted molar refractivity (Wildman–Crippen MR) is 65.9 cm³/mol. The fourth-order valence-corrected chi connectivity index (χ4v) is 3.22. The maximum atomic E-state index is 10.8. The van der Waals surface area contributed by atoms with Crippen molar-refractivity contribution in [2.75, 3.05) is 6.54 Å². The summed E-state index contributed by atoms with van der Waals surface area (Å²) in [5.74, 6) is 3.33. The van der Waals surface area contributed by atoms with Gasteiger partial charge in [0, 0.05) is 13.5 Å². The van der Waals surface area contributed by atoms with Crippen molar-refractivity contribution < 1.29 is 4.79 Å². The average molecular weight is 221 g/mol. The SMILES string of the molecule is CC(=O)NCC1CC1C1CCC(C)=CC1C. The van der Waals surface area contributed by atoms with Crippen LogP contribution in [0.15, 0.2) is 11.6 Å². The molecule has 2 nitrogen and oxygen atoms in total. The van der Waals surface area contributed by atoms with Crippen molar-refractivity contribution in [1.29, 1.82) is 0 Å². The summed E-state index contributed by atoms with van der Waals surface area (Å²) in [5, 5.41) is 2.95. The summed E-state index contributed by atoms with van der Waals surface area (Å²) in [5.41, 5.74) is 1.56. The zero-order valence-electron chi connectivity index (χ0n) is 10.6. The Morgan fingerprint density at radius 1 is 1.50 bits per heavy atom. The molecule has 2 aliphatic carbocycles. The van der Waals surface area contributed by atoms with Gasteiger partial charge in [0.2, 0.25) is 5.91 Å². The second-order valence-corrected chi connectivity index (χ2v) is 5.67.